The fourth-order valence-corrected chi connectivity index (χ4v) is 5.32. The molecule has 2 bridgehead atoms. The molecule has 0 saturated carbocycles. The molecule has 1 aromatic rings. The number of benzene rings is 1. The van der Waals surface area contributed by atoms with E-state index < -0.39 is 15.6 Å². The van der Waals surface area contributed by atoms with Crippen LogP contribution in [0, 0.1) is 6.92 Å². The Kier molecular flexibility index (Phi) is 5.05. The molecule has 2 atom stereocenters. The lowest BCUT2D eigenvalue weighted by atomic mass is 9.99. The van der Waals surface area contributed by atoms with E-state index in [1.165, 1.54) is 0 Å². The minimum Gasteiger partial charge on any atom is -0.444 e. The summed E-state index contributed by atoms with van der Waals surface area (Å²) in [7, 11) is -3.55. The van der Waals surface area contributed by atoms with Crippen LogP contribution in [0.25, 0.3) is 0 Å². The number of rotatable bonds is 3. The second-order valence-electron chi connectivity index (χ2n) is 8.38. The Morgan fingerprint density at radius 2 is 1.81 bits per heavy atom. The normalized spacial score (nSPS) is 26.0. The van der Waals surface area contributed by atoms with Gasteiger partial charge in [-0.2, -0.15) is 0 Å². The summed E-state index contributed by atoms with van der Waals surface area (Å²) < 4.78 is 33.7. The van der Waals surface area contributed by atoms with Crippen LogP contribution in [0.5, 0.6) is 0 Å². The van der Waals surface area contributed by atoms with Crippen LogP contribution in [0.2, 0.25) is 0 Å². The number of aryl methyl sites for hydroxylation is 1. The summed E-state index contributed by atoms with van der Waals surface area (Å²) in [5, 5.41) is 0. The second kappa shape index (κ2) is 6.85. The van der Waals surface area contributed by atoms with Gasteiger partial charge in [0.1, 0.15) is 5.60 Å². The van der Waals surface area contributed by atoms with E-state index in [4.69, 9.17) is 4.74 Å². The predicted octanol–water partition coefficient (Wildman–Crippen LogP) is 3.20. The zero-order chi connectivity index (χ0) is 19.1. The number of fused-ring (bicyclic) bond motifs is 2. The average Bonchev–Trinajstić information content (AvgIpc) is 2.77. The third-order valence-corrected chi connectivity index (χ3v) is 6.48. The molecule has 1 aromatic carbocycles. The molecular formula is C19H28N2O4S. The molecule has 0 aliphatic carbocycles. The summed E-state index contributed by atoms with van der Waals surface area (Å²) in [4.78, 5) is 14.6. The van der Waals surface area contributed by atoms with Crippen LogP contribution in [-0.2, 0) is 14.8 Å². The molecule has 0 spiro atoms. The van der Waals surface area contributed by atoms with E-state index in [9.17, 15) is 13.2 Å². The van der Waals surface area contributed by atoms with Crippen molar-refractivity contribution in [2.24, 2.45) is 0 Å². The first-order chi connectivity index (χ1) is 12.0. The second-order valence-corrected chi connectivity index (χ2v) is 10.1. The van der Waals surface area contributed by atoms with E-state index in [-0.39, 0.29) is 24.2 Å². The highest BCUT2D eigenvalue weighted by Crippen LogP contribution is 2.37. The van der Waals surface area contributed by atoms with E-state index in [0.717, 1.165) is 18.4 Å². The van der Waals surface area contributed by atoms with Gasteiger partial charge in [0, 0.05) is 18.1 Å². The smallest absolute Gasteiger partial charge is 0.410 e. The van der Waals surface area contributed by atoms with Crippen molar-refractivity contribution >= 4 is 16.1 Å². The Balaban J connectivity index is 1.68. The van der Waals surface area contributed by atoms with Crippen LogP contribution < -0.4 is 4.72 Å². The van der Waals surface area contributed by atoms with E-state index in [0.29, 0.717) is 17.7 Å². The topological polar surface area (TPSA) is 75.7 Å². The number of hydrogen-bond acceptors (Lipinski definition) is 4. The van der Waals surface area contributed by atoms with Gasteiger partial charge in [-0.05, 0) is 71.1 Å². The quantitative estimate of drug-likeness (QED) is 0.874. The third kappa shape index (κ3) is 4.20. The summed E-state index contributed by atoms with van der Waals surface area (Å²) >= 11 is 0. The lowest BCUT2D eigenvalue weighted by Crippen LogP contribution is -2.53. The number of carbonyl (C=O) groups excluding carboxylic acids is 1. The fraction of sp³-hybridized carbons (Fsp3) is 0.632. The molecule has 2 aliphatic rings. The highest BCUT2D eigenvalue weighted by atomic mass is 32.2. The summed E-state index contributed by atoms with van der Waals surface area (Å²) in [6, 6.07) is 6.82. The zero-order valence-electron chi connectivity index (χ0n) is 15.9. The highest BCUT2D eigenvalue weighted by Gasteiger charge is 2.45. The number of piperidine rings is 1. The van der Waals surface area contributed by atoms with Gasteiger partial charge in [0.2, 0.25) is 10.0 Å². The number of ether oxygens (including phenoxy) is 1. The number of amides is 1. The van der Waals surface area contributed by atoms with E-state index in [1.54, 1.807) is 18.2 Å². The van der Waals surface area contributed by atoms with Crippen molar-refractivity contribution in [3.05, 3.63) is 29.8 Å². The van der Waals surface area contributed by atoms with Crippen molar-refractivity contribution in [3.63, 3.8) is 0 Å². The number of carbonyl (C=O) groups is 1. The molecule has 3 rings (SSSR count). The maximum absolute atomic E-state index is 12.7. The molecule has 144 valence electrons. The Labute approximate surface area is 156 Å². The maximum atomic E-state index is 12.7. The van der Waals surface area contributed by atoms with Crippen molar-refractivity contribution in [3.8, 4) is 0 Å². The first-order valence-electron chi connectivity index (χ1n) is 9.15. The van der Waals surface area contributed by atoms with Crippen LogP contribution in [0.1, 0.15) is 52.0 Å². The van der Waals surface area contributed by atoms with E-state index in [1.807, 2.05) is 38.7 Å². The van der Waals surface area contributed by atoms with Gasteiger partial charge in [-0.25, -0.2) is 17.9 Å². The van der Waals surface area contributed by atoms with Gasteiger partial charge in [-0.1, -0.05) is 12.1 Å². The Morgan fingerprint density at radius 1 is 1.19 bits per heavy atom. The van der Waals surface area contributed by atoms with Crippen LogP contribution in [0.4, 0.5) is 4.79 Å². The first kappa shape index (κ1) is 19.2. The van der Waals surface area contributed by atoms with Crippen LogP contribution in [0.15, 0.2) is 29.2 Å². The van der Waals surface area contributed by atoms with Gasteiger partial charge in [-0.3, -0.25) is 0 Å². The molecule has 2 heterocycles. The summed E-state index contributed by atoms with van der Waals surface area (Å²) in [6.07, 6.45) is 2.76. The molecule has 2 fully saturated rings. The molecular weight excluding hydrogens is 352 g/mol. The maximum Gasteiger partial charge on any atom is 0.410 e. The van der Waals surface area contributed by atoms with Gasteiger partial charge in [-0.15, -0.1) is 0 Å². The number of nitrogens with one attached hydrogen (secondary N) is 1. The zero-order valence-corrected chi connectivity index (χ0v) is 16.7. The SMILES string of the molecule is Cc1cccc(S(=O)(=O)NC2CC3CCC(C2)N3C(=O)OC(C)(C)C)c1. The number of sulfonamides is 1. The monoisotopic (exact) mass is 380 g/mol. The standard InChI is InChI=1S/C19H28N2O4S/c1-13-6-5-7-17(10-13)26(23,24)20-14-11-15-8-9-16(12-14)21(15)18(22)25-19(2,3)4/h5-7,10,14-16,20H,8-9,11-12H2,1-4H3. The minimum absolute atomic E-state index is 0.0359. The van der Waals surface area contributed by atoms with Crippen molar-refractivity contribution in [1.82, 2.24) is 9.62 Å². The molecule has 1 N–H and O–H groups in total. The van der Waals surface area contributed by atoms with Gasteiger partial charge in [0.25, 0.3) is 0 Å². The average molecular weight is 381 g/mol. The lowest BCUT2D eigenvalue weighted by molar-refractivity contribution is 0.00564. The molecule has 2 aliphatic heterocycles. The fourth-order valence-electron chi connectivity index (χ4n) is 3.96. The van der Waals surface area contributed by atoms with Crippen LogP contribution >= 0.6 is 0 Å². The van der Waals surface area contributed by atoms with Gasteiger partial charge < -0.3 is 9.64 Å². The predicted molar refractivity (Wildman–Crippen MR) is 99.4 cm³/mol. The molecule has 2 unspecified atom stereocenters. The van der Waals surface area contributed by atoms with Gasteiger partial charge in [0.15, 0.2) is 0 Å². The summed E-state index contributed by atoms with van der Waals surface area (Å²) in [5.41, 5.74) is 0.382. The van der Waals surface area contributed by atoms with Crippen molar-refractivity contribution in [2.45, 2.75) is 82.0 Å². The third-order valence-electron chi connectivity index (χ3n) is 4.96. The summed E-state index contributed by atoms with van der Waals surface area (Å²) in [5.74, 6) is 0. The van der Waals surface area contributed by atoms with Crippen molar-refractivity contribution < 1.29 is 17.9 Å². The van der Waals surface area contributed by atoms with Crippen LogP contribution in [-0.4, -0.2) is 43.1 Å². The molecule has 0 radical (unpaired) electrons. The van der Waals surface area contributed by atoms with Gasteiger partial charge in [0.05, 0.1) is 4.90 Å². The lowest BCUT2D eigenvalue weighted by Gasteiger charge is -2.39. The van der Waals surface area contributed by atoms with Gasteiger partial charge >= 0.3 is 6.09 Å². The van der Waals surface area contributed by atoms with E-state index >= 15 is 0 Å². The van der Waals surface area contributed by atoms with E-state index in [2.05, 4.69) is 4.72 Å². The Morgan fingerprint density at radius 3 is 2.35 bits per heavy atom. The number of nitrogens with zero attached hydrogens (tertiary/aromatic N) is 1. The largest absolute Gasteiger partial charge is 0.444 e. The Hall–Kier alpha value is -1.60. The highest BCUT2D eigenvalue weighted by molar-refractivity contribution is 7.89. The minimum atomic E-state index is -3.55. The molecule has 6 nitrogen and oxygen atoms in total. The van der Waals surface area contributed by atoms with Crippen LogP contribution in [0.3, 0.4) is 0 Å². The molecule has 0 aromatic heterocycles. The Bertz CT molecular complexity index is 771. The number of hydrogen-bond donors (Lipinski definition) is 1. The molecule has 2 saturated heterocycles. The molecule has 7 heteroatoms. The summed E-state index contributed by atoms with van der Waals surface area (Å²) in [6.45, 7) is 7.44. The van der Waals surface area contributed by atoms with Crippen molar-refractivity contribution in [2.75, 3.05) is 0 Å². The molecule has 26 heavy (non-hydrogen) atoms. The van der Waals surface area contributed by atoms with Crippen molar-refractivity contribution in [1.29, 1.82) is 0 Å². The first-order valence-corrected chi connectivity index (χ1v) is 10.6. The molecule has 1 amide bonds.